The largest absolute Gasteiger partial charge is 0.493 e. The fourth-order valence-electron chi connectivity index (χ4n) is 3.64. The molecule has 2 atom stereocenters. The molecule has 2 aromatic rings. The number of anilines is 2. The number of carboxylic acid groups (broad SMARTS) is 1. The summed E-state index contributed by atoms with van der Waals surface area (Å²) in [6, 6.07) is 9.94. The second-order valence-corrected chi connectivity index (χ2v) is 7.73. The minimum atomic E-state index is -0.977. The van der Waals surface area contributed by atoms with Gasteiger partial charge in [0.15, 0.2) is 0 Å². The van der Waals surface area contributed by atoms with E-state index in [0.29, 0.717) is 24.4 Å². The van der Waals surface area contributed by atoms with E-state index < -0.39 is 5.97 Å². The maximum absolute atomic E-state index is 11.4. The van der Waals surface area contributed by atoms with E-state index in [-0.39, 0.29) is 17.5 Å². The molecule has 0 radical (unpaired) electrons. The van der Waals surface area contributed by atoms with Crippen molar-refractivity contribution in [3.63, 3.8) is 0 Å². The molecule has 0 spiro atoms. The van der Waals surface area contributed by atoms with Crippen LogP contribution in [0.25, 0.3) is 0 Å². The molecular weight excluding hydrogens is 404 g/mol. The third-order valence-electron chi connectivity index (χ3n) is 5.76. The molecule has 0 aliphatic carbocycles. The molecular formula is C25H28N4O3. The number of nitrogens with zero attached hydrogens (tertiary/aromatic N) is 3. The molecule has 7 heteroatoms. The van der Waals surface area contributed by atoms with Crippen LogP contribution in [0.2, 0.25) is 0 Å². The highest BCUT2D eigenvalue weighted by atomic mass is 16.5. The highest BCUT2D eigenvalue weighted by Gasteiger charge is 2.23. The summed E-state index contributed by atoms with van der Waals surface area (Å²) in [6.45, 7) is 5.12. The molecule has 166 valence electrons. The van der Waals surface area contributed by atoms with Crippen LogP contribution in [0.1, 0.15) is 42.1 Å². The number of likely N-dealkylation sites (N-methyl/N-ethyl adjacent to an activating group) is 1. The summed E-state index contributed by atoms with van der Waals surface area (Å²) in [5.41, 5.74) is 3.49. The Balaban J connectivity index is 1.73. The van der Waals surface area contributed by atoms with Gasteiger partial charge in [-0.2, -0.15) is 5.26 Å². The van der Waals surface area contributed by atoms with Crippen LogP contribution in [-0.2, 0) is 0 Å². The minimum Gasteiger partial charge on any atom is -0.493 e. The summed E-state index contributed by atoms with van der Waals surface area (Å²) in [5, 5.41) is 21.7. The van der Waals surface area contributed by atoms with Gasteiger partial charge in [-0.05, 0) is 44.0 Å². The van der Waals surface area contributed by atoms with Crippen molar-refractivity contribution < 1.29 is 14.6 Å². The number of benzene rings is 1. The van der Waals surface area contributed by atoms with Gasteiger partial charge in [0, 0.05) is 49.1 Å². The molecule has 7 nitrogen and oxygen atoms in total. The first-order valence-corrected chi connectivity index (χ1v) is 10.6. The number of ether oxygens (including phenoxy) is 1. The van der Waals surface area contributed by atoms with Gasteiger partial charge in [0.1, 0.15) is 5.75 Å². The third kappa shape index (κ3) is 5.27. The van der Waals surface area contributed by atoms with Gasteiger partial charge in [-0.1, -0.05) is 18.2 Å². The topological polar surface area (TPSA) is 98.5 Å². The van der Waals surface area contributed by atoms with Crippen molar-refractivity contribution in [1.29, 1.82) is 5.26 Å². The normalized spacial score (nSPS) is 16.6. The summed E-state index contributed by atoms with van der Waals surface area (Å²) in [6.07, 6.45) is 9.49. The van der Waals surface area contributed by atoms with Crippen molar-refractivity contribution in [2.75, 3.05) is 30.4 Å². The average molecular weight is 433 g/mol. The Morgan fingerprint density at radius 3 is 3.00 bits per heavy atom. The zero-order chi connectivity index (χ0) is 23.1. The molecule has 3 rings (SSSR count). The van der Waals surface area contributed by atoms with Crippen LogP contribution in [0, 0.1) is 11.3 Å². The van der Waals surface area contributed by atoms with Crippen molar-refractivity contribution in [2.45, 2.75) is 32.2 Å². The number of carboxylic acids is 1. The summed E-state index contributed by atoms with van der Waals surface area (Å²) in [4.78, 5) is 17.6. The summed E-state index contributed by atoms with van der Waals surface area (Å²) >= 11 is 0. The van der Waals surface area contributed by atoms with Gasteiger partial charge in [-0.15, -0.1) is 0 Å². The van der Waals surface area contributed by atoms with Gasteiger partial charge in [-0.3, -0.25) is 4.98 Å². The maximum Gasteiger partial charge on any atom is 0.337 e. The fourth-order valence-corrected chi connectivity index (χ4v) is 3.64. The first-order valence-electron chi connectivity index (χ1n) is 10.6. The lowest BCUT2D eigenvalue weighted by Gasteiger charge is -2.30. The zero-order valence-electron chi connectivity index (χ0n) is 18.6. The number of allylic oxidation sites excluding steroid dienone is 3. The number of fused-ring (bicyclic) bond motifs is 1. The molecule has 1 aliphatic rings. The van der Waals surface area contributed by atoms with Crippen LogP contribution in [0.3, 0.4) is 0 Å². The SMILES string of the molecule is C/C=C(C#N)\C=C/C(C)N(C)c1ccc2c(c1)OCC[C@H]2CNc1cnccc1C(=O)O. The lowest BCUT2D eigenvalue weighted by atomic mass is 9.92. The number of nitrogens with one attached hydrogen (secondary N) is 1. The number of hydrogen-bond donors (Lipinski definition) is 2. The van der Waals surface area contributed by atoms with Gasteiger partial charge in [0.25, 0.3) is 0 Å². The molecule has 1 aromatic carbocycles. The Kier molecular flexibility index (Phi) is 7.50. The highest BCUT2D eigenvalue weighted by Crippen LogP contribution is 2.37. The Labute approximate surface area is 188 Å². The number of aromatic carboxylic acids is 1. The van der Waals surface area contributed by atoms with Crippen molar-refractivity contribution >= 4 is 17.3 Å². The van der Waals surface area contributed by atoms with Gasteiger partial charge >= 0.3 is 5.97 Å². The van der Waals surface area contributed by atoms with Crippen LogP contribution in [0.5, 0.6) is 5.75 Å². The molecule has 0 amide bonds. The minimum absolute atomic E-state index is 0.0948. The molecule has 0 bridgehead atoms. The Hall–Kier alpha value is -3.79. The van der Waals surface area contributed by atoms with Crippen LogP contribution in [0.15, 0.2) is 60.5 Å². The van der Waals surface area contributed by atoms with E-state index >= 15 is 0 Å². The van der Waals surface area contributed by atoms with E-state index in [1.54, 1.807) is 12.3 Å². The van der Waals surface area contributed by atoms with Crippen molar-refractivity contribution in [3.05, 3.63) is 71.6 Å². The fraction of sp³-hybridized carbons (Fsp3) is 0.320. The standard InChI is InChI=1S/C25H28N4O3/c1-4-18(14-26)6-5-17(2)29(3)20-7-8-21-19(10-12-32-24(21)13-20)15-28-23-16-27-11-9-22(23)25(30)31/h4-9,11,13,16-17,19,28H,10,12,15H2,1-3H3,(H,30,31)/b6-5-,18-4+/t17?,19-/m0/s1. The van der Waals surface area contributed by atoms with Crippen molar-refractivity contribution in [3.8, 4) is 11.8 Å². The zero-order valence-corrected chi connectivity index (χ0v) is 18.6. The molecule has 0 fully saturated rings. The quantitative estimate of drug-likeness (QED) is 0.464. The molecule has 0 saturated carbocycles. The Morgan fingerprint density at radius 2 is 2.28 bits per heavy atom. The molecule has 2 heterocycles. The summed E-state index contributed by atoms with van der Waals surface area (Å²) < 4.78 is 5.94. The highest BCUT2D eigenvalue weighted by molar-refractivity contribution is 5.93. The van der Waals surface area contributed by atoms with Crippen LogP contribution in [0.4, 0.5) is 11.4 Å². The monoisotopic (exact) mass is 432 g/mol. The predicted octanol–water partition coefficient (Wildman–Crippen LogP) is 4.61. The number of aromatic nitrogens is 1. The number of nitriles is 1. The van der Waals surface area contributed by atoms with Crippen LogP contribution >= 0.6 is 0 Å². The molecule has 1 unspecified atom stereocenters. The average Bonchev–Trinajstić information content (AvgIpc) is 2.82. The molecule has 1 aromatic heterocycles. The number of pyridine rings is 1. The van der Waals surface area contributed by atoms with E-state index in [1.807, 2.05) is 32.2 Å². The second kappa shape index (κ2) is 10.5. The Morgan fingerprint density at radius 1 is 1.47 bits per heavy atom. The van der Waals surface area contributed by atoms with E-state index in [2.05, 4.69) is 40.3 Å². The molecule has 0 saturated heterocycles. The van der Waals surface area contributed by atoms with E-state index in [1.165, 1.54) is 12.3 Å². The first-order chi connectivity index (χ1) is 15.4. The molecule has 2 N–H and O–H groups in total. The lowest BCUT2D eigenvalue weighted by Crippen LogP contribution is -2.27. The van der Waals surface area contributed by atoms with Crippen molar-refractivity contribution in [1.82, 2.24) is 4.98 Å². The van der Waals surface area contributed by atoms with E-state index in [4.69, 9.17) is 10.00 Å². The first kappa shape index (κ1) is 22.9. The number of hydrogen-bond acceptors (Lipinski definition) is 6. The second-order valence-electron chi connectivity index (χ2n) is 7.73. The predicted molar refractivity (Wildman–Crippen MR) is 125 cm³/mol. The van der Waals surface area contributed by atoms with Crippen LogP contribution in [-0.4, -0.2) is 42.3 Å². The van der Waals surface area contributed by atoms with Gasteiger partial charge < -0.3 is 20.1 Å². The Bertz CT molecular complexity index is 1070. The molecule has 32 heavy (non-hydrogen) atoms. The van der Waals surface area contributed by atoms with E-state index in [0.717, 1.165) is 23.4 Å². The number of carbonyl (C=O) groups is 1. The van der Waals surface area contributed by atoms with E-state index in [9.17, 15) is 9.90 Å². The molecule has 1 aliphatic heterocycles. The smallest absolute Gasteiger partial charge is 0.337 e. The lowest BCUT2D eigenvalue weighted by molar-refractivity contribution is 0.0697. The van der Waals surface area contributed by atoms with Gasteiger partial charge in [0.05, 0.1) is 30.1 Å². The van der Waals surface area contributed by atoms with Gasteiger partial charge in [0.2, 0.25) is 0 Å². The third-order valence-corrected chi connectivity index (χ3v) is 5.76. The van der Waals surface area contributed by atoms with Crippen LogP contribution < -0.4 is 15.0 Å². The van der Waals surface area contributed by atoms with Gasteiger partial charge in [-0.25, -0.2) is 4.79 Å². The summed E-state index contributed by atoms with van der Waals surface area (Å²) in [7, 11) is 2.01. The summed E-state index contributed by atoms with van der Waals surface area (Å²) in [5.74, 6) is 0.0685. The number of rotatable bonds is 8. The maximum atomic E-state index is 11.4. The van der Waals surface area contributed by atoms with Crippen molar-refractivity contribution in [2.24, 2.45) is 0 Å².